The summed E-state index contributed by atoms with van der Waals surface area (Å²) in [6.45, 7) is 1.71. The molecule has 1 amide bonds. The number of thioether (sulfide) groups is 1. The quantitative estimate of drug-likeness (QED) is 0.508. The molecule has 8 heteroatoms. The fourth-order valence-corrected chi connectivity index (χ4v) is 4.13. The van der Waals surface area contributed by atoms with Crippen molar-refractivity contribution in [2.24, 2.45) is 0 Å². The summed E-state index contributed by atoms with van der Waals surface area (Å²) in [5.41, 5.74) is 1.60. The molecule has 0 bridgehead atoms. The lowest BCUT2D eigenvalue weighted by Crippen LogP contribution is -2.25. The molecule has 0 saturated heterocycles. The lowest BCUT2D eigenvalue weighted by atomic mass is 10.1. The number of carbonyl (C=O) groups is 1. The van der Waals surface area contributed by atoms with Crippen molar-refractivity contribution in [2.45, 2.75) is 29.6 Å². The zero-order valence-electron chi connectivity index (χ0n) is 14.6. The molecule has 26 heavy (non-hydrogen) atoms. The van der Waals surface area contributed by atoms with Gasteiger partial charge in [0.15, 0.2) is 0 Å². The summed E-state index contributed by atoms with van der Waals surface area (Å²) in [7, 11) is -3.64. The monoisotopic (exact) mass is 412 g/mol. The van der Waals surface area contributed by atoms with E-state index in [1.54, 1.807) is 12.1 Å². The first kappa shape index (κ1) is 20.8. The van der Waals surface area contributed by atoms with E-state index < -0.39 is 10.0 Å². The Morgan fingerprint density at radius 1 is 1.15 bits per heavy atom. The van der Waals surface area contributed by atoms with E-state index >= 15 is 0 Å². The largest absolute Gasteiger partial charge is 0.325 e. The molecule has 140 valence electrons. The van der Waals surface area contributed by atoms with Crippen LogP contribution in [0.25, 0.3) is 0 Å². The molecular formula is C18H21ClN2O3S2. The molecule has 0 radical (unpaired) electrons. The number of aryl methyl sites for hydroxylation is 1. The van der Waals surface area contributed by atoms with Crippen molar-refractivity contribution in [3.63, 3.8) is 0 Å². The van der Waals surface area contributed by atoms with Gasteiger partial charge in [0.05, 0.1) is 10.6 Å². The summed E-state index contributed by atoms with van der Waals surface area (Å²) in [5, 5.41) is 3.35. The first-order valence-corrected chi connectivity index (χ1v) is 11.1. The van der Waals surface area contributed by atoms with Crippen LogP contribution in [-0.2, 0) is 21.2 Å². The van der Waals surface area contributed by atoms with E-state index in [9.17, 15) is 13.2 Å². The number of amides is 1. The summed E-state index contributed by atoms with van der Waals surface area (Å²) in [4.78, 5) is 12.3. The molecule has 0 aromatic heterocycles. The number of halogens is 1. The maximum Gasteiger partial charge on any atom is 0.240 e. The normalized spacial score (nSPS) is 11.3. The van der Waals surface area contributed by atoms with E-state index in [2.05, 4.69) is 10.0 Å². The van der Waals surface area contributed by atoms with Gasteiger partial charge in [-0.05, 0) is 55.0 Å². The van der Waals surface area contributed by atoms with Crippen LogP contribution in [0.15, 0.2) is 52.3 Å². The Balaban J connectivity index is 2.00. The molecule has 0 aliphatic rings. The Morgan fingerprint density at radius 3 is 2.46 bits per heavy atom. The molecule has 0 aliphatic heterocycles. The summed E-state index contributed by atoms with van der Waals surface area (Å²) >= 11 is 7.28. The fourth-order valence-electron chi connectivity index (χ4n) is 2.38. The molecular weight excluding hydrogens is 392 g/mol. The van der Waals surface area contributed by atoms with Crippen LogP contribution in [0.1, 0.15) is 18.9 Å². The van der Waals surface area contributed by atoms with Crippen LogP contribution in [0.2, 0.25) is 5.02 Å². The van der Waals surface area contributed by atoms with Gasteiger partial charge in [0.25, 0.3) is 0 Å². The highest BCUT2D eigenvalue weighted by Gasteiger charge is 2.16. The number of nitrogens with one attached hydrogen (secondary N) is 2. The summed E-state index contributed by atoms with van der Waals surface area (Å²) < 4.78 is 27.6. The van der Waals surface area contributed by atoms with Crippen LogP contribution in [-0.4, -0.2) is 27.1 Å². The molecule has 0 unspecified atom stereocenters. The molecule has 2 aromatic rings. The van der Waals surface area contributed by atoms with Crippen molar-refractivity contribution in [1.29, 1.82) is 0 Å². The van der Waals surface area contributed by atoms with Crippen LogP contribution in [0, 0.1) is 0 Å². The second-order valence-corrected chi connectivity index (χ2v) is 8.72. The van der Waals surface area contributed by atoms with Gasteiger partial charge in [0, 0.05) is 23.4 Å². The van der Waals surface area contributed by atoms with Gasteiger partial charge in [0.2, 0.25) is 15.9 Å². The smallest absolute Gasteiger partial charge is 0.240 e. The van der Waals surface area contributed by atoms with E-state index in [1.165, 1.54) is 24.8 Å². The van der Waals surface area contributed by atoms with Crippen molar-refractivity contribution in [3.8, 4) is 0 Å². The number of rotatable bonds is 8. The zero-order chi connectivity index (χ0) is 19.2. The predicted octanol–water partition coefficient (Wildman–Crippen LogP) is 3.93. The average molecular weight is 413 g/mol. The minimum absolute atomic E-state index is 0.130. The molecule has 0 aliphatic carbocycles. The number of hydrogen-bond donors (Lipinski definition) is 2. The molecule has 0 heterocycles. The summed E-state index contributed by atoms with van der Waals surface area (Å²) in [6, 6.07) is 12.2. The van der Waals surface area contributed by atoms with Gasteiger partial charge in [-0.15, -0.1) is 11.8 Å². The average Bonchev–Trinajstić information content (AvgIpc) is 2.59. The Bertz CT molecular complexity index is 869. The first-order chi connectivity index (χ1) is 12.3. The third kappa shape index (κ3) is 6.02. The maximum atomic E-state index is 12.5. The molecule has 2 rings (SSSR count). The van der Waals surface area contributed by atoms with Crippen LogP contribution in [0.3, 0.4) is 0 Å². The lowest BCUT2D eigenvalue weighted by molar-refractivity contribution is -0.114. The van der Waals surface area contributed by atoms with E-state index in [-0.39, 0.29) is 10.8 Å². The zero-order valence-corrected chi connectivity index (χ0v) is 17.0. The number of hydrogen-bond acceptors (Lipinski definition) is 4. The highest BCUT2D eigenvalue weighted by atomic mass is 35.5. The first-order valence-electron chi connectivity index (χ1n) is 8.01. The van der Waals surface area contributed by atoms with Gasteiger partial charge >= 0.3 is 0 Å². The number of sulfonamides is 1. The van der Waals surface area contributed by atoms with Crippen LogP contribution < -0.4 is 10.0 Å². The summed E-state index contributed by atoms with van der Waals surface area (Å²) in [5.74, 6) is -0.245. The molecule has 0 spiro atoms. The Morgan fingerprint density at radius 2 is 1.85 bits per heavy atom. The van der Waals surface area contributed by atoms with Gasteiger partial charge in [-0.25, -0.2) is 13.1 Å². The standard InChI is InChI=1S/C18H21ClN2O3S2/c1-13(22)21-17-12-16(9-10-18(17)25-2)26(23,24)20-11-3-4-14-5-7-15(19)8-6-14/h5-10,12,20H,3-4,11H2,1-2H3,(H,21,22). The maximum absolute atomic E-state index is 12.5. The van der Waals surface area contributed by atoms with Crippen LogP contribution in [0.5, 0.6) is 0 Å². The van der Waals surface area contributed by atoms with Crippen molar-refractivity contribution in [1.82, 2.24) is 4.72 Å². The third-order valence-corrected chi connectivity index (χ3v) is 6.15. The highest BCUT2D eigenvalue weighted by Crippen LogP contribution is 2.28. The fraction of sp³-hybridized carbons (Fsp3) is 0.278. The molecule has 5 nitrogen and oxygen atoms in total. The second kappa shape index (κ2) is 9.41. The van der Waals surface area contributed by atoms with Crippen LogP contribution >= 0.6 is 23.4 Å². The van der Waals surface area contributed by atoms with Crippen molar-refractivity contribution in [2.75, 3.05) is 18.1 Å². The van der Waals surface area contributed by atoms with Gasteiger partial charge in [-0.3, -0.25) is 4.79 Å². The van der Waals surface area contributed by atoms with Gasteiger partial charge in [-0.2, -0.15) is 0 Å². The molecule has 2 N–H and O–H groups in total. The Hall–Kier alpha value is -1.54. The SMILES string of the molecule is CSc1ccc(S(=O)(=O)NCCCc2ccc(Cl)cc2)cc1NC(C)=O. The van der Waals surface area contributed by atoms with E-state index in [0.29, 0.717) is 23.7 Å². The Kier molecular flexibility index (Phi) is 7.52. The predicted molar refractivity (Wildman–Crippen MR) is 107 cm³/mol. The van der Waals surface area contributed by atoms with E-state index in [0.717, 1.165) is 16.9 Å². The topological polar surface area (TPSA) is 75.3 Å². The number of anilines is 1. The van der Waals surface area contributed by atoms with Crippen molar-refractivity contribution >= 4 is 45.0 Å². The number of benzene rings is 2. The molecule has 2 aromatic carbocycles. The van der Waals surface area contributed by atoms with Crippen molar-refractivity contribution < 1.29 is 13.2 Å². The lowest BCUT2D eigenvalue weighted by Gasteiger charge is -2.12. The molecule has 0 fully saturated rings. The summed E-state index contributed by atoms with van der Waals surface area (Å²) in [6.07, 6.45) is 3.29. The van der Waals surface area contributed by atoms with E-state index in [4.69, 9.17) is 11.6 Å². The van der Waals surface area contributed by atoms with Gasteiger partial charge in [0.1, 0.15) is 0 Å². The molecule has 0 atom stereocenters. The van der Waals surface area contributed by atoms with Crippen LogP contribution in [0.4, 0.5) is 5.69 Å². The Labute approximate surface area is 163 Å². The van der Waals surface area contributed by atoms with Gasteiger partial charge in [-0.1, -0.05) is 23.7 Å². The third-order valence-electron chi connectivity index (χ3n) is 3.64. The minimum Gasteiger partial charge on any atom is -0.325 e. The second-order valence-electron chi connectivity index (χ2n) is 5.67. The minimum atomic E-state index is -3.64. The van der Waals surface area contributed by atoms with Crippen molar-refractivity contribution in [3.05, 3.63) is 53.1 Å². The highest BCUT2D eigenvalue weighted by molar-refractivity contribution is 7.98. The molecule has 0 saturated carbocycles. The number of carbonyl (C=O) groups excluding carboxylic acids is 1. The van der Waals surface area contributed by atoms with Gasteiger partial charge < -0.3 is 5.32 Å². The van der Waals surface area contributed by atoms with E-state index in [1.807, 2.05) is 30.5 Å².